The van der Waals surface area contributed by atoms with Crippen LogP contribution in [0.2, 0.25) is 0 Å². The summed E-state index contributed by atoms with van der Waals surface area (Å²) in [6.07, 6.45) is 5.48. The summed E-state index contributed by atoms with van der Waals surface area (Å²) >= 11 is 1.17. The molecule has 3 aromatic heterocycles. The Bertz CT molecular complexity index is 1150. The molecular weight excluding hydrogens is 414 g/mol. The number of rotatable bonds is 4. The van der Waals surface area contributed by atoms with E-state index in [4.69, 9.17) is 0 Å². The quantitative estimate of drug-likeness (QED) is 0.573. The number of nitrogens with zero attached hydrogens (tertiary/aromatic N) is 6. The number of fused-ring (bicyclic) bond motifs is 2. The van der Waals surface area contributed by atoms with Crippen molar-refractivity contribution in [2.24, 2.45) is 11.8 Å². The van der Waals surface area contributed by atoms with Crippen LogP contribution in [-0.4, -0.2) is 63.5 Å². The number of anilines is 3. The van der Waals surface area contributed by atoms with Crippen LogP contribution in [0.15, 0.2) is 18.5 Å². The van der Waals surface area contributed by atoms with Gasteiger partial charge in [0.15, 0.2) is 0 Å². The number of carbonyl (C=O) groups excluding carboxylic acids is 1. The van der Waals surface area contributed by atoms with Gasteiger partial charge < -0.3 is 20.1 Å². The second-order valence-corrected chi connectivity index (χ2v) is 8.89. The van der Waals surface area contributed by atoms with Gasteiger partial charge in [-0.15, -0.1) is 0 Å². The molecular formula is C20H23N9OS. The van der Waals surface area contributed by atoms with Gasteiger partial charge in [0.2, 0.25) is 11.1 Å². The van der Waals surface area contributed by atoms with E-state index in [-0.39, 0.29) is 6.03 Å². The topological polar surface area (TPSA) is 126 Å². The Balaban J connectivity index is 1.26. The molecule has 5 rings (SSSR count). The first-order valence-electron chi connectivity index (χ1n) is 10.2. The van der Waals surface area contributed by atoms with Crippen molar-refractivity contribution in [2.75, 3.05) is 42.7 Å². The monoisotopic (exact) mass is 437 g/mol. The summed E-state index contributed by atoms with van der Waals surface area (Å²) in [5.74, 6) is 1.41. The maximum absolute atomic E-state index is 12.7. The molecule has 1 saturated heterocycles. The summed E-state index contributed by atoms with van der Waals surface area (Å²) in [6.45, 7) is 1.47. The van der Waals surface area contributed by atoms with Crippen molar-refractivity contribution in [1.29, 1.82) is 5.26 Å². The summed E-state index contributed by atoms with van der Waals surface area (Å²) in [6, 6.07) is 4.48. The lowest BCUT2D eigenvalue weighted by molar-refractivity contribution is 0.218. The molecule has 1 saturated carbocycles. The van der Waals surface area contributed by atoms with E-state index >= 15 is 0 Å². The fourth-order valence-corrected chi connectivity index (χ4v) is 5.50. The molecule has 0 unspecified atom stereocenters. The van der Waals surface area contributed by atoms with Gasteiger partial charge in [0.25, 0.3) is 0 Å². The predicted octanol–water partition coefficient (Wildman–Crippen LogP) is 2.71. The van der Waals surface area contributed by atoms with Gasteiger partial charge >= 0.3 is 6.03 Å². The van der Waals surface area contributed by atoms with Crippen LogP contribution in [0.5, 0.6) is 0 Å². The Morgan fingerprint density at radius 1 is 1.39 bits per heavy atom. The Labute approximate surface area is 183 Å². The maximum Gasteiger partial charge on any atom is 0.323 e. The molecule has 0 aromatic carbocycles. The summed E-state index contributed by atoms with van der Waals surface area (Å²) in [5.41, 5.74) is 2.32. The number of carbonyl (C=O) groups is 1. The van der Waals surface area contributed by atoms with E-state index in [1.165, 1.54) is 11.5 Å². The lowest BCUT2D eigenvalue weighted by Gasteiger charge is -2.29. The van der Waals surface area contributed by atoms with E-state index in [0.717, 1.165) is 42.7 Å². The first kappa shape index (κ1) is 19.6. The number of hydrogen-bond donors (Lipinski definition) is 3. The fraction of sp³-hybridized carbons (Fsp3) is 0.450. The van der Waals surface area contributed by atoms with Crippen LogP contribution >= 0.6 is 11.5 Å². The minimum absolute atomic E-state index is 0.118. The second-order valence-electron chi connectivity index (χ2n) is 8.14. The third kappa shape index (κ3) is 3.42. The molecule has 4 heterocycles. The fourth-order valence-electron chi connectivity index (χ4n) is 4.93. The Morgan fingerprint density at radius 3 is 2.84 bits per heavy atom. The average molecular weight is 438 g/mol. The molecule has 2 aliphatic rings. The highest BCUT2D eigenvalue weighted by molar-refractivity contribution is 7.10. The first-order valence-corrected chi connectivity index (χ1v) is 11.0. The van der Waals surface area contributed by atoms with Gasteiger partial charge in [0, 0.05) is 62.5 Å². The van der Waals surface area contributed by atoms with E-state index in [1.807, 2.05) is 17.2 Å². The smallest absolute Gasteiger partial charge is 0.323 e. The van der Waals surface area contributed by atoms with Crippen LogP contribution in [0.3, 0.4) is 0 Å². The number of H-pyrrole nitrogens is 1. The van der Waals surface area contributed by atoms with Crippen LogP contribution in [0.25, 0.3) is 11.0 Å². The predicted molar refractivity (Wildman–Crippen MR) is 119 cm³/mol. The molecule has 2 fully saturated rings. The van der Waals surface area contributed by atoms with Gasteiger partial charge in [-0.2, -0.15) is 14.6 Å². The van der Waals surface area contributed by atoms with Crippen molar-refractivity contribution in [1.82, 2.24) is 24.2 Å². The molecule has 0 spiro atoms. The van der Waals surface area contributed by atoms with E-state index in [0.29, 0.717) is 34.5 Å². The van der Waals surface area contributed by atoms with Gasteiger partial charge in [-0.25, -0.2) is 9.78 Å². The molecule has 1 aliphatic carbocycles. The molecule has 3 N–H and O–H groups in total. The SMILES string of the molecule is CNc1nsc(NC(=O)N2C[C@H]3C[C@H](N(C)c4c(C#N)cnc5[nH]ccc45)C[C@H]3C2)n1. The summed E-state index contributed by atoms with van der Waals surface area (Å²) < 4.78 is 4.11. The molecule has 11 heteroatoms. The molecule has 3 atom stereocenters. The third-order valence-corrected chi connectivity index (χ3v) is 7.09. The number of aromatic nitrogens is 4. The van der Waals surface area contributed by atoms with Gasteiger partial charge in [-0.05, 0) is 30.7 Å². The van der Waals surface area contributed by atoms with Crippen LogP contribution in [-0.2, 0) is 0 Å². The molecule has 3 aromatic rings. The standard InChI is InChI=1S/C20H23N9OS/c1-22-18-25-19(31-27-18)26-20(30)29-9-11-5-14(6-12(11)10-29)28(2)16-13(7-21)8-24-17-15(16)3-4-23-17/h3-4,8,11-12,14H,5-6,9-10H2,1-2H3,(H,23,24)(H2,22,25,26,27,30)/t11-,12+,14+. The zero-order valence-corrected chi connectivity index (χ0v) is 18.1. The zero-order valence-electron chi connectivity index (χ0n) is 17.3. The minimum Gasteiger partial charge on any atom is -0.370 e. The van der Waals surface area contributed by atoms with E-state index in [1.54, 1.807) is 13.2 Å². The number of likely N-dealkylation sites (tertiary alicyclic amines) is 1. The highest BCUT2D eigenvalue weighted by atomic mass is 32.1. The molecule has 0 radical (unpaired) electrons. The number of pyridine rings is 1. The van der Waals surface area contributed by atoms with Crippen molar-refractivity contribution < 1.29 is 4.79 Å². The van der Waals surface area contributed by atoms with Crippen LogP contribution in [0.1, 0.15) is 18.4 Å². The van der Waals surface area contributed by atoms with Gasteiger partial charge in [-0.3, -0.25) is 5.32 Å². The third-order valence-electron chi connectivity index (χ3n) is 6.46. The van der Waals surface area contributed by atoms with Crippen LogP contribution < -0.4 is 15.5 Å². The van der Waals surface area contributed by atoms with E-state index < -0.39 is 0 Å². The summed E-state index contributed by atoms with van der Waals surface area (Å²) in [4.78, 5) is 28.5. The van der Waals surface area contributed by atoms with Crippen molar-refractivity contribution in [2.45, 2.75) is 18.9 Å². The van der Waals surface area contributed by atoms with Crippen LogP contribution in [0, 0.1) is 23.2 Å². The maximum atomic E-state index is 12.7. The summed E-state index contributed by atoms with van der Waals surface area (Å²) in [5, 5.41) is 16.8. The van der Waals surface area contributed by atoms with E-state index in [9.17, 15) is 10.1 Å². The summed E-state index contributed by atoms with van der Waals surface area (Å²) in [7, 11) is 3.81. The number of aromatic amines is 1. The number of amides is 2. The Kier molecular flexibility index (Phi) is 4.86. The number of hydrogen-bond acceptors (Lipinski definition) is 8. The molecule has 160 valence electrons. The van der Waals surface area contributed by atoms with Crippen molar-refractivity contribution in [3.8, 4) is 6.07 Å². The Morgan fingerprint density at radius 2 is 2.16 bits per heavy atom. The normalized spacial score (nSPS) is 22.4. The van der Waals surface area contributed by atoms with Gasteiger partial charge in [-0.1, -0.05) is 0 Å². The number of nitrogens with one attached hydrogen (secondary N) is 3. The Hall–Kier alpha value is -3.39. The van der Waals surface area contributed by atoms with Gasteiger partial charge in [0.1, 0.15) is 11.7 Å². The highest BCUT2D eigenvalue weighted by Gasteiger charge is 2.44. The van der Waals surface area contributed by atoms with Crippen LogP contribution in [0.4, 0.5) is 21.6 Å². The van der Waals surface area contributed by atoms with Gasteiger partial charge in [0.05, 0.1) is 11.3 Å². The van der Waals surface area contributed by atoms with Crippen molar-refractivity contribution in [3.05, 3.63) is 24.0 Å². The molecule has 0 bridgehead atoms. The average Bonchev–Trinajstić information content (AvgIpc) is 3.54. The van der Waals surface area contributed by atoms with Crippen molar-refractivity contribution in [3.63, 3.8) is 0 Å². The molecule has 10 nitrogen and oxygen atoms in total. The first-order chi connectivity index (χ1) is 15.1. The molecule has 1 aliphatic heterocycles. The number of urea groups is 1. The molecule has 2 amide bonds. The zero-order chi connectivity index (χ0) is 21.5. The number of nitriles is 1. The second kappa shape index (κ2) is 7.70. The van der Waals surface area contributed by atoms with E-state index in [2.05, 4.69) is 48.0 Å². The minimum atomic E-state index is -0.118. The lowest BCUT2D eigenvalue weighted by Crippen LogP contribution is -2.36. The largest absolute Gasteiger partial charge is 0.370 e. The lowest BCUT2D eigenvalue weighted by atomic mass is 10.0. The molecule has 31 heavy (non-hydrogen) atoms. The van der Waals surface area contributed by atoms with Crippen molar-refractivity contribution >= 4 is 45.4 Å². The highest BCUT2D eigenvalue weighted by Crippen LogP contribution is 2.42.